The quantitative estimate of drug-likeness (QED) is 0.506. The summed E-state index contributed by atoms with van der Waals surface area (Å²) in [6.45, 7) is 0. The van der Waals surface area contributed by atoms with E-state index in [1.54, 1.807) is 37.4 Å². The number of nitrogens with zero attached hydrogens (tertiary/aromatic N) is 3. The normalized spacial score (nSPS) is 10.7. The number of benzene rings is 2. The zero-order valence-corrected chi connectivity index (χ0v) is 9.78. The van der Waals surface area contributed by atoms with Crippen molar-refractivity contribution in [1.29, 1.82) is 0 Å². The fourth-order valence-corrected chi connectivity index (χ4v) is 1.83. The van der Waals surface area contributed by atoms with Gasteiger partial charge in [-0.05, 0) is 41.2 Å². The van der Waals surface area contributed by atoms with Crippen LogP contribution in [0, 0.1) is 5.21 Å². The minimum atomic E-state index is 0.549. The number of para-hydroxylation sites is 1. The number of aromatic nitrogens is 3. The van der Waals surface area contributed by atoms with Crippen molar-refractivity contribution >= 4 is 11.0 Å². The second-order valence-corrected chi connectivity index (χ2v) is 3.85. The average molecular weight is 241 g/mol. The Bertz CT molecular complexity index is 689. The Morgan fingerprint density at radius 1 is 1.11 bits per heavy atom. The van der Waals surface area contributed by atoms with Gasteiger partial charge in [0.2, 0.25) is 11.0 Å². The van der Waals surface area contributed by atoms with Crippen LogP contribution in [0.4, 0.5) is 0 Å². The summed E-state index contributed by atoms with van der Waals surface area (Å²) in [6, 6.07) is 14.4. The maximum Gasteiger partial charge on any atom is 0.250 e. The molecule has 0 unspecified atom stereocenters. The van der Waals surface area contributed by atoms with Crippen LogP contribution in [0.3, 0.4) is 0 Å². The molecule has 0 atom stereocenters. The fourth-order valence-electron chi connectivity index (χ4n) is 1.83. The lowest BCUT2D eigenvalue weighted by molar-refractivity contribution is -0.664. The number of hydrogen-bond acceptors (Lipinski definition) is 3. The van der Waals surface area contributed by atoms with E-state index in [4.69, 9.17) is 4.74 Å². The SMILES string of the molecule is COc1ccc(-n2nc3ccccc3[n+]2[O-])cc1. The van der Waals surface area contributed by atoms with Crippen LogP contribution < -0.4 is 9.58 Å². The van der Waals surface area contributed by atoms with Crippen LogP contribution in [0.2, 0.25) is 0 Å². The first-order valence-corrected chi connectivity index (χ1v) is 5.51. The van der Waals surface area contributed by atoms with Crippen molar-refractivity contribution in [3.8, 4) is 11.4 Å². The number of rotatable bonds is 2. The molecule has 0 saturated carbocycles. The molecule has 0 radical (unpaired) electrons. The molecule has 0 amide bonds. The summed E-state index contributed by atoms with van der Waals surface area (Å²) in [7, 11) is 1.60. The summed E-state index contributed by atoms with van der Waals surface area (Å²) in [4.78, 5) is 2.10. The van der Waals surface area contributed by atoms with Gasteiger partial charge in [-0.15, -0.1) is 4.85 Å². The molecule has 3 aromatic rings. The van der Waals surface area contributed by atoms with Crippen LogP contribution >= 0.6 is 0 Å². The van der Waals surface area contributed by atoms with Gasteiger partial charge in [0.05, 0.1) is 12.2 Å². The van der Waals surface area contributed by atoms with Gasteiger partial charge >= 0.3 is 0 Å². The smallest absolute Gasteiger partial charge is 0.250 e. The Kier molecular flexibility index (Phi) is 2.37. The molecule has 18 heavy (non-hydrogen) atoms. The molecule has 2 aromatic carbocycles. The van der Waals surface area contributed by atoms with E-state index in [0.29, 0.717) is 16.7 Å². The number of methoxy groups -OCH3 is 1. The minimum absolute atomic E-state index is 0.549. The largest absolute Gasteiger partial charge is 0.692 e. The van der Waals surface area contributed by atoms with Crippen molar-refractivity contribution in [1.82, 2.24) is 9.90 Å². The van der Waals surface area contributed by atoms with Crippen molar-refractivity contribution in [2.45, 2.75) is 0 Å². The Balaban J connectivity index is 2.15. The highest BCUT2D eigenvalue weighted by Crippen LogP contribution is 2.14. The number of fused-ring (bicyclic) bond motifs is 1. The molecular weight excluding hydrogens is 230 g/mol. The Morgan fingerprint density at radius 3 is 2.50 bits per heavy atom. The molecule has 3 rings (SSSR count). The summed E-state index contributed by atoms with van der Waals surface area (Å²) >= 11 is 0. The van der Waals surface area contributed by atoms with Gasteiger partial charge in [0.1, 0.15) is 11.4 Å². The molecule has 0 aliphatic heterocycles. The van der Waals surface area contributed by atoms with E-state index in [0.717, 1.165) is 10.6 Å². The van der Waals surface area contributed by atoms with Crippen LogP contribution in [-0.2, 0) is 0 Å². The van der Waals surface area contributed by atoms with E-state index in [2.05, 4.69) is 5.10 Å². The molecule has 90 valence electrons. The molecule has 1 heterocycles. The minimum Gasteiger partial charge on any atom is -0.692 e. The Hall–Kier alpha value is -2.56. The van der Waals surface area contributed by atoms with E-state index in [-0.39, 0.29) is 0 Å². The van der Waals surface area contributed by atoms with Crippen LogP contribution in [0.15, 0.2) is 48.5 Å². The van der Waals surface area contributed by atoms with Gasteiger partial charge in [-0.3, -0.25) is 0 Å². The van der Waals surface area contributed by atoms with Gasteiger partial charge in [0.25, 0.3) is 0 Å². The van der Waals surface area contributed by atoms with Crippen LogP contribution in [0.25, 0.3) is 16.7 Å². The summed E-state index contributed by atoms with van der Waals surface area (Å²) < 4.78 is 5.08. The van der Waals surface area contributed by atoms with Crippen molar-refractivity contribution in [3.63, 3.8) is 0 Å². The monoisotopic (exact) mass is 241 g/mol. The third-order valence-corrected chi connectivity index (χ3v) is 2.77. The van der Waals surface area contributed by atoms with Gasteiger partial charge in [0.15, 0.2) is 0 Å². The standard InChI is InChI=1S/C13H11N3O2/c1-18-11-8-6-10(7-9-11)15-14-12-4-2-3-5-13(12)16(15)17/h2-9H,1H3. The van der Waals surface area contributed by atoms with Crippen molar-refractivity contribution < 1.29 is 9.58 Å². The van der Waals surface area contributed by atoms with Crippen LogP contribution in [-0.4, -0.2) is 17.0 Å². The van der Waals surface area contributed by atoms with E-state index in [9.17, 15) is 5.21 Å². The molecule has 0 bridgehead atoms. The first kappa shape index (κ1) is 10.6. The van der Waals surface area contributed by atoms with Crippen LogP contribution in [0.5, 0.6) is 5.75 Å². The fraction of sp³-hybridized carbons (Fsp3) is 0.0769. The second-order valence-electron chi connectivity index (χ2n) is 3.85. The second kappa shape index (κ2) is 4.03. The van der Waals surface area contributed by atoms with E-state index in [1.165, 1.54) is 4.80 Å². The molecular formula is C13H11N3O2. The van der Waals surface area contributed by atoms with Crippen molar-refractivity contribution in [2.24, 2.45) is 0 Å². The van der Waals surface area contributed by atoms with E-state index >= 15 is 0 Å². The molecule has 5 nitrogen and oxygen atoms in total. The molecule has 0 fully saturated rings. The third-order valence-electron chi connectivity index (χ3n) is 2.77. The molecule has 5 heteroatoms. The maximum atomic E-state index is 12.1. The van der Waals surface area contributed by atoms with E-state index in [1.807, 2.05) is 18.2 Å². The highest BCUT2D eigenvalue weighted by atomic mass is 16.5. The maximum absolute atomic E-state index is 12.1. The highest BCUT2D eigenvalue weighted by Gasteiger charge is 2.14. The number of ether oxygens (including phenoxy) is 1. The Morgan fingerprint density at radius 2 is 1.83 bits per heavy atom. The van der Waals surface area contributed by atoms with Crippen molar-refractivity contribution in [3.05, 3.63) is 53.7 Å². The van der Waals surface area contributed by atoms with Gasteiger partial charge in [0, 0.05) is 0 Å². The first-order valence-electron chi connectivity index (χ1n) is 5.51. The molecule has 0 aliphatic carbocycles. The lowest BCUT2D eigenvalue weighted by atomic mass is 10.3. The van der Waals surface area contributed by atoms with Gasteiger partial charge < -0.3 is 9.94 Å². The van der Waals surface area contributed by atoms with Gasteiger partial charge in [-0.1, -0.05) is 12.1 Å². The average Bonchev–Trinajstić information content (AvgIpc) is 2.77. The molecule has 0 saturated heterocycles. The molecule has 1 aromatic heterocycles. The zero-order valence-electron chi connectivity index (χ0n) is 9.78. The number of hydrogen-bond donors (Lipinski definition) is 0. The molecule has 0 N–H and O–H groups in total. The summed E-state index contributed by atoms with van der Waals surface area (Å²) in [5.74, 6) is 0.743. The first-order chi connectivity index (χ1) is 8.79. The highest BCUT2D eigenvalue weighted by molar-refractivity contribution is 5.70. The summed E-state index contributed by atoms with van der Waals surface area (Å²) in [5, 5.41) is 16.3. The van der Waals surface area contributed by atoms with Gasteiger partial charge in [-0.25, -0.2) is 0 Å². The van der Waals surface area contributed by atoms with E-state index < -0.39 is 0 Å². The summed E-state index contributed by atoms with van der Waals surface area (Å²) in [5.41, 5.74) is 1.92. The predicted octanol–water partition coefficient (Wildman–Crippen LogP) is 1.67. The van der Waals surface area contributed by atoms with Crippen LogP contribution in [0.1, 0.15) is 0 Å². The third kappa shape index (κ3) is 1.57. The lowest BCUT2D eigenvalue weighted by Crippen LogP contribution is -2.37. The zero-order chi connectivity index (χ0) is 12.5. The predicted molar refractivity (Wildman–Crippen MR) is 66.6 cm³/mol. The molecule has 0 aliphatic rings. The molecule has 0 spiro atoms. The topological polar surface area (TPSA) is 54.0 Å². The Labute approximate surface area is 103 Å². The van der Waals surface area contributed by atoms with Crippen molar-refractivity contribution in [2.75, 3.05) is 7.11 Å². The summed E-state index contributed by atoms with van der Waals surface area (Å²) in [6.07, 6.45) is 0. The van der Waals surface area contributed by atoms with Gasteiger partial charge in [-0.2, -0.15) is 0 Å². The lowest BCUT2D eigenvalue weighted by Gasteiger charge is -2.04.